The molecule has 1 fully saturated rings. The number of carbonyl (C=O) groups is 2. The van der Waals surface area contributed by atoms with Crippen LogP contribution in [-0.2, 0) is 19.1 Å². The van der Waals surface area contributed by atoms with Crippen LogP contribution in [0.2, 0.25) is 5.02 Å². The average molecular weight is 357 g/mol. The Hall–Kier alpha value is -1.83. The molecule has 1 aromatic rings. The molecule has 0 radical (unpaired) electrons. The quantitative estimate of drug-likeness (QED) is 0.781. The summed E-state index contributed by atoms with van der Waals surface area (Å²) in [6, 6.07) is 6.76. The number of hydrogen-bond acceptors (Lipinski definition) is 5. The highest BCUT2D eigenvalue weighted by molar-refractivity contribution is 6.30. The predicted molar refractivity (Wildman–Crippen MR) is 87.9 cm³/mol. The minimum Gasteiger partial charge on any atom is -0.484 e. The normalized spacial score (nSPS) is 20.7. The smallest absolute Gasteiger partial charge is 0.260 e. The molecule has 2 amide bonds. The molecule has 2 N–H and O–H groups in total. The van der Waals surface area contributed by atoms with Gasteiger partial charge in [0.15, 0.2) is 6.61 Å². The Morgan fingerprint density at radius 3 is 2.71 bits per heavy atom. The lowest BCUT2D eigenvalue weighted by atomic mass is 9.97. The molecule has 24 heavy (non-hydrogen) atoms. The second-order valence-corrected chi connectivity index (χ2v) is 6.10. The predicted octanol–water partition coefficient (Wildman–Crippen LogP) is 0.838. The van der Waals surface area contributed by atoms with Crippen LogP contribution in [0.1, 0.15) is 6.42 Å². The maximum absolute atomic E-state index is 12.4. The molecule has 1 heterocycles. The molecule has 0 bridgehead atoms. The summed E-state index contributed by atoms with van der Waals surface area (Å²) in [5.41, 5.74) is 4.39. The second kappa shape index (κ2) is 8.32. The lowest BCUT2D eigenvalue weighted by Gasteiger charge is -2.41. The summed E-state index contributed by atoms with van der Waals surface area (Å²) in [7, 11) is 1.51. The van der Waals surface area contributed by atoms with E-state index >= 15 is 0 Å². The fourth-order valence-electron chi connectivity index (χ4n) is 2.65. The Labute approximate surface area is 145 Å². The van der Waals surface area contributed by atoms with Gasteiger partial charge in [0.2, 0.25) is 5.91 Å². The number of benzene rings is 1. The van der Waals surface area contributed by atoms with E-state index in [1.807, 2.05) is 0 Å². The number of halogens is 1. The topological polar surface area (TPSA) is 91.1 Å². The van der Waals surface area contributed by atoms with E-state index in [-0.39, 0.29) is 32.1 Å². The Balaban J connectivity index is 1.95. The molecule has 1 aliphatic heterocycles. The Bertz CT molecular complexity index is 576. The van der Waals surface area contributed by atoms with Crippen molar-refractivity contribution in [2.45, 2.75) is 12.0 Å². The van der Waals surface area contributed by atoms with Crippen molar-refractivity contribution in [3.8, 4) is 5.75 Å². The van der Waals surface area contributed by atoms with Crippen molar-refractivity contribution in [2.75, 3.05) is 40.0 Å². The van der Waals surface area contributed by atoms with Gasteiger partial charge in [-0.1, -0.05) is 11.6 Å². The van der Waals surface area contributed by atoms with Crippen LogP contribution < -0.4 is 10.5 Å². The van der Waals surface area contributed by atoms with E-state index in [1.165, 1.54) is 7.11 Å². The first-order chi connectivity index (χ1) is 11.4. The molecule has 8 heteroatoms. The second-order valence-electron chi connectivity index (χ2n) is 5.67. The Kier molecular flexibility index (Phi) is 6.42. The van der Waals surface area contributed by atoms with Gasteiger partial charge in [0.1, 0.15) is 11.4 Å². The molecule has 0 saturated carbocycles. The minimum atomic E-state index is -0.908. The van der Waals surface area contributed by atoms with Crippen molar-refractivity contribution in [2.24, 2.45) is 5.73 Å². The molecule has 1 aliphatic rings. The van der Waals surface area contributed by atoms with Crippen LogP contribution in [0.5, 0.6) is 5.75 Å². The van der Waals surface area contributed by atoms with Crippen LogP contribution >= 0.6 is 11.6 Å². The number of rotatable bonds is 7. The maximum Gasteiger partial charge on any atom is 0.260 e. The first-order valence-corrected chi connectivity index (χ1v) is 7.89. The van der Waals surface area contributed by atoms with Crippen molar-refractivity contribution in [3.63, 3.8) is 0 Å². The Morgan fingerprint density at radius 1 is 1.38 bits per heavy atom. The molecule has 2 rings (SSSR count). The summed E-state index contributed by atoms with van der Waals surface area (Å²) in [5.74, 6) is -0.140. The van der Waals surface area contributed by atoms with Crippen LogP contribution in [0, 0.1) is 0 Å². The first-order valence-electron chi connectivity index (χ1n) is 7.51. The molecule has 1 aromatic carbocycles. The van der Waals surface area contributed by atoms with Gasteiger partial charge in [0, 0.05) is 18.7 Å². The van der Waals surface area contributed by atoms with Crippen molar-refractivity contribution in [1.82, 2.24) is 4.90 Å². The fraction of sp³-hybridized carbons (Fsp3) is 0.500. The molecule has 0 spiro atoms. The largest absolute Gasteiger partial charge is 0.484 e. The SMILES string of the molecule is COC[C@]1(CC(N)=O)CN(C(=O)COc2ccc(Cl)cc2)CCO1. The molecule has 1 atom stereocenters. The zero-order chi connectivity index (χ0) is 17.6. The van der Waals surface area contributed by atoms with Crippen molar-refractivity contribution < 1.29 is 23.8 Å². The first kappa shape index (κ1) is 18.5. The summed E-state index contributed by atoms with van der Waals surface area (Å²) in [4.78, 5) is 25.3. The standard InChI is InChI=1S/C16H21ClN2O5/c1-22-11-16(8-14(18)20)10-19(6-7-24-16)15(21)9-23-13-4-2-12(17)3-5-13/h2-5H,6-11H2,1H3,(H2,18,20)/t16-/m0/s1. The van der Waals surface area contributed by atoms with E-state index in [0.29, 0.717) is 23.9 Å². The van der Waals surface area contributed by atoms with Crippen LogP contribution in [0.4, 0.5) is 0 Å². The molecule has 1 saturated heterocycles. The number of methoxy groups -OCH3 is 1. The summed E-state index contributed by atoms with van der Waals surface area (Å²) in [5, 5.41) is 0.595. The average Bonchev–Trinajstić information content (AvgIpc) is 2.53. The van der Waals surface area contributed by atoms with E-state index in [2.05, 4.69) is 0 Å². The number of morpholine rings is 1. The molecule has 0 unspecified atom stereocenters. The molecule has 132 valence electrons. The summed E-state index contributed by atoms with van der Waals surface area (Å²) in [6.07, 6.45) is -0.0112. The van der Waals surface area contributed by atoms with Gasteiger partial charge in [0.25, 0.3) is 5.91 Å². The molecular weight excluding hydrogens is 336 g/mol. The van der Waals surface area contributed by atoms with E-state index in [0.717, 1.165) is 0 Å². The van der Waals surface area contributed by atoms with E-state index < -0.39 is 11.5 Å². The molecular formula is C16H21ClN2O5. The van der Waals surface area contributed by atoms with Crippen LogP contribution in [0.3, 0.4) is 0 Å². The van der Waals surface area contributed by atoms with Gasteiger partial charge in [-0.25, -0.2) is 0 Å². The van der Waals surface area contributed by atoms with E-state index in [9.17, 15) is 9.59 Å². The third-order valence-corrected chi connectivity index (χ3v) is 3.93. The lowest BCUT2D eigenvalue weighted by Crippen LogP contribution is -2.58. The zero-order valence-corrected chi connectivity index (χ0v) is 14.3. The van der Waals surface area contributed by atoms with Gasteiger partial charge >= 0.3 is 0 Å². The van der Waals surface area contributed by atoms with Crippen LogP contribution in [0.25, 0.3) is 0 Å². The molecule has 0 aromatic heterocycles. The van der Waals surface area contributed by atoms with Crippen molar-refractivity contribution in [1.29, 1.82) is 0 Å². The fourth-order valence-corrected chi connectivity index (χ4v) is 2.78. The zero-order valence-electron chi connectivity index (χ0n) is 13.5. The third kappa shape index (κ3) is 5.09. The van der Waals surface area contributed by atoms with E-state index in [1.54, 1.807) is 29.2 Å². The number of primary amides is 1. The summed E-state index contributed by atoms with van der Waals surface area (Å²) in [6.45, 7) is 1.03. The maximum atomic E-state index is 12.4. The van der Waals surface area contributed by atoms with Gasteiger partial charge in [-0.3, -0.25) is 9.59 Å². The lowest BCUT2D eigenvalue weighted by molar-refractivity contribution is -0.167. The Morgan fingerprint density at radius 2 is 2.08 bits per heavy atom. The van der Waals surface area contributed by atoms with Crippen LogP contribution in [-0.4, -0.2) is 62.3 Å². The summed E-state index contributed by atoms with van der Waals surface area (Å²) >= 11 is 5.80. The molecule has 7 nitrogen and oxygen atoms in total. The highest BCUT2D eigenvalue weighted by atomic mass is 35.5. The number of nitrogens with zero attached hydrogens (tertiary/aromatic N) is 1. The highest BCUT2D eigenvalue weighted by Gasteiger charge is 2.40. The number of carbonyl (C=O) groups excluding carboxylic acids is 2. The minimum absolute atomic E-state index is 0.0112. The van der Waals surface area contributed by atoms with Gasteiger partial charge in [0.05, 0.1) is 26.2 Å². The number of ether oxygens (including phenoxy) is 3. The van der Waals surface area contributed by atoms with Crippen molar-refractivity contribution in [3.05, 3.63) is 29.3 Å². The highest BCUT2D eigenvalue weighted by Crippen LogP contribution is 2.23. The van der Waals surface area contributed by atoms with Crippen molar-refractivity contribution >= 4 is 23.4 Å². The monoisotopic (exact) mass is 356 g/mol. The van der Waals surface area contributed by atoms with Gasteiger partial charge in [-0.05, 0) is 24.3 Å². The molecule has 0 aliphatic carbocycles. The van der Waals surface area contributed by atoms with E-state index in [4.69, 9.17) is 31.5 Å². The number of nitrogens with two attached hydrogens (primary N) is 1. The number of amides is 2. The number of hydrogen-bond donors (Lipinski definition) is 1. The van der Waals surface area contributed by atoms with Crippen LogP contribution in [0.15, 0.2) is 24.3 Å². The van der Waals surface area contributed by atoms with Gasteiger partial charge in [-0.2, -0.15) is 0 Å². The van der Waals surface area contributed by atoms with Gasteiger partial charge in [-0.15, -0.1) is 0 Å². The summed E-state index contributed by atoms with van der Waals surface area (Å²) < 4.78 is 16.3. The van der Waals surface area contributed by atoms with Gasteiger partial charge < -0.3 is 24.8 Å². The third-order valence-electron chi connectivity index (χ3n) is 3.68.